The quantitative estimate of drug-likeness (QED) is 0.857. The van der Waals surface area contributed by atoms with Crippen LogP contribution in [0.15, 0.2) is 24.3 Å². The fourth-order valence-corrected chi connectivity index (χ4v) is 1.59. The van der Waals surface area contributed by atoms with Gasteiger partial charge in [-0.15, -0.1) is 0 Å². The van der Waals surface area contributed by atoms with E-state index in [2.05, 4.69) is 5.32 Å². The Kier molecular flexibility index (Phi) is 6.52. The number of nitrogens with one attached hydrogen (secondary N) is 1. The number of aryl methyl sites for hydroxylation is 1. The predicted molar refractivity (Wildman–Crippen MR) is 76.2 cm³/mol. The molecule has 0 fully saturated rings. The van der Waals surface area contributed by atoms with Gasteiger partial charge in [0.15, 0.2) is 0 Å². The number of ether oxygens (including phenoxy) is 1. The number of nitrogens with zero attached hydrogens (tertiary/aromatic N) is 1. The summed E-state index contributed by atoms with van der Waals surface area (Å²) in [6, 6.07) is 7.27. The number of hydrogen-bond acceptors (Lipinski definition) is 4. The fourth-order valence-electron chi connectivity index (χ4n) is 1.59. The van der Waals surface area contributed by atoms with Gasteiger partial charge < -0.3 is 15.8 Å². The van der Waals surface area contributed by atoms with Crippen molar-refractivity contribution in [3.05, 3.63) is 35.4 Å². The van der Waals surface area contributed by atoms with Gasteiger partial charge in [0.25, 0.3) is 0 Å². The zero-order chi connectivity index (χ0) is 15.0. The maximum Gasteiger partial charge on any atom is 0.418 e. The molecule has 3 amide bonds. The molecule has 0 saturated heterocycles. The minimum atomic E-state index is -0.681. The van der Waals surface area contributed by atoms with Crippen LogP contribution in [0.4, 0.5) is 9.59 Å². The minimum absolute atomic E-state index is 0.124. The van der Waals surface area contributed by atoms with Crippen LogP contribution in [0.3, 0.4) is 0 Å². The molecule has 0 aliphatic carbocycles. The van der Waals surface area contributed by atoms with Crippen molar-refractivity contribution in [1.82, 2.24) is 10.2 Å². The van der Waals surface area contributed by atoms with Gasteiger partial charge >= 0.3 is 12.1 Å². The second-order valence-corrected chi connectivity index (χ2v) is 4.28. The number of carbonyl (C=O) groups excluding carboxylic acids is 2. The number of rotatable bonds is 5. The minimum Gasteiger partial charge on any atom is -0.449 e. The third kappa shape index (κ3) is 4.89. The van der Waals surface area contributed by atoms with Crippen LogP contribution in [-0.4, -0.2) is 36.7 Å². The molecule has 0 heterocycles. The van der Waals surface area contributed by atoms with Crippen LogP contribution in [0.1, 0.15) is 18.1 Å². The molecule has 1 aromatic rings. The first-order valence-corrected chi connectivity index (χ1v) is 6.56. The topological polar surface area (TPSA) is 84.7 Å². The Morgan fingerprint density at radius 1 is 1.30 bits per heavy atom. The molecular weight excluding hydrogens is 258 g/mol. The Bertz CT molecular complexity index is 445. The Morgan fingerprint density at radius 3 is 2.50 bits per heavy atom. The molecule has 0 spiro atoms. The van der Waals surface area contributed by atoms with E-state index in [9.17, 15) is 9.59 Å². The number of benzene rings is 1. The van der Waals surface area contributed by atoms with E-state index in [0.717, 1.165) is 16.0 Å². The second kappa shape index (κ2) is 8.16. The summed E-state index contributed by atoms with van der Waals surface area (Å²) in [5.41, 5.74) is 7.50. The Labute approximate surface area is 118 Å². The first kappa shape index (κ1) is 16.0. The molecule has 0 aliphatic heterocycles. The van der Waals surface area contributed by atoms with Crippen molar-refractivity contribution in [2.75, 3.05) is 19.7 Å². The van der Waals surface area contributed by atoms with Crippen molar-refractivity contribution >= 4 is 12.1 Å². The smallest absolute Gasteiger partial charge is 0.418 e. The van der Waals surface area contributed by atoms with E-state index in [1.54, 1.807) is 6.92 Å². The van der Waals surface area contributed by atoms with Gasteiger partial charge in [0, 0.05) is 19.6 Å². The van der Waals surface area contributed by atoms with Gasteiger partial charge in [0.1, 0.15) is 0 Å². The molecule has 20 heavy (non-hydrogen) atoms. The Balaban J connectivity index is 2.57. The van der Waals surface area contributed by atoms with Crippen molar-refractivity contribution in [2.45, 2.75) is 20.4 Å². The number of hydrogen-bond donors (Lipinski definition) is 2. The van der Waals surface area contributed by atoms with E-state index in [-0.39, 0.29) is 19.7 Å². The molecule has 6 heteroatoms. The zero-order valence-corrected chi connectivity index (χ0v) is 11.9. The molecule has 1 aromatic carbocycles. The second-order valence-electron chi connectivity index (χ2n) is 4.28. The van der Waals surface area contributed by atoms with Gasteiger partial charge in [-0.1, -0.05) is 29.8 Å². The van der Waals surface area contributed by atoms with Crippen LogP contribution in [0.2, 0.25) is 0 Å². The number of imide groups is 1. The van der Waals surface area contributed by atoms with Crippen molar-refractivity contribution in [1.29, 1.82) is 0 Å². The van der Waals surface area contributed by atoms with E-state index in [4.69, 9.17) is 10.5 Å². The van der Waals surface area contributed by atoms with Gasteiger partial charge in [-0.2, -0.15) is 0 Å². The monoisotopic (exact) mass is 279 g/mol. The van der Waals surface area contributed by atoms with Gasteiger partial charge in [-0.05, 0) is 19.4 Å². The summed E-state index contributed by atoms with van der Waals surface area (Å²) >= 11 is 0. The number of nitrogens with two attached hydrogens (primary N) is 1. The van der Waals surface area contributed by atoms with Gasteiger partial charge in [-0.3, -0.25) is 0 Å². The van der Waals surface area contributed by atoms with Crippen molar-refractivity contribution in [3.63, 3.8) is 0 Å². The van der Waals surface area contributed by atoms with Crippen LogP contribution >= 0.6 is 0 Å². The van der Waals surface area contributed by atoms with E-state index < -0.39 is 12.1 Å². The predicted octanol–water partition coefficient (Wildman–Crippen LogP) is 1.62. The number of amides is 3. The first-order valence-electron chi connectivity index (χ1n) is 6.56. The molecule has 0 saturated carbocycles. The third-order valence-electron chi connectivity index (χ3n) is 2.65. The Morgan fingerprint density at radius 2 is 1.95 bits per heavy atom. The van der Waals surface area contributed by atoms with Crippen LogP contribution in [0.25, 0.3) is 0 Å². The highest BCUT2D eigenvalue weighted by Crippen LogP contribution is 2.03. The van der Waals surface area contributed by atoms with Crippen LogP contribution < -0.4 is 11.1 Å². The number of urea groups is 1. The number of carbonyl (C=O) groups is 2. The summed E-state index contributed by atoms with van der Waals surface area (Å²) in [7, 11) is 0. The summed E-state index contributed by atoms with van der Waals surface area (Å²) in [5, 5.41) is 2.67. The molecule has 0 unspecified atom stereocenters. The first-order chi connectivity index (χ1) is 9.58. The molecule has 3 N–H and O–H groups in total. The maximum atomic E-state index is 11.9. The average molecular weight is 279 g/mol. The van der Waals surface area contributed by atoms with Gasteiger partial charge in [-0.25, -0.2) is 14.5 Å². The lowest BCUT2D eigenvalue weighted by Crippen LogP contribution is -2.46. The van der Waals surface area contributed by atoms with Crippen molar-refractivity contribution in [3.8, 4) is 0 Å². The molecule has 0 aromatic heterocycles. The zero-order valence-electron chi connectivity index (χ0n) is 11.9. The molecule has 0 atom stereocenters. The van der Waals surface area contributed by atoms with Gasteiger partial charge in [0.2, 0.25) is 0 Å². The third-order valence-corrected chi connectivity index (χ3v) is 2.65. The molecule has 0 radical (unpaired) electrons. The standard InChI is InChI=1S/C14H21N3O3/c1-3-20-14(19)17(9-8-15)13(18)16-10-12-6-4-11(2)5-7-12/h4-7H,3,8-10,15H2,1-2H3,(H,16,18). The fraction of sp³-hybridized carbons (Fsp3) is 0.429. The summed E-state index contributed by atoms with van der Waals surface area (Å²) in [6.45, 7) is 4.55. The molecule has 0 bridgehead atoms. The maximum absolute atomic E-state index is 11.9. The van der Waals surface area contributed by atoms with Gasteiger partial charge in [0.05, 0.1) is 6.61 Å². The molecule has 6 nitrogen and oxygen atoms in total. The lowest BCUT2D eigenvalue weighted by Gasteiger charge is -2.19. The highest BCUT2D eigenvalue weighted by molar-refractivity contribution is 5.90. The van der Waals surface area contributed by atoms with E-state index >= 15 is 0 Å². The lowest BCUT2D eigenvalue weighted by atomic mass is 10.1. The van der Waals surface area contributed by atoms with Crippen LogP contribution in [0, 0.1) is 6.92 Å². The molecule has 110 valence electrons. The highest BCUT2D eigenvalue weighted by atomic mass is 16.6. The van der Waals surface area contributed by atoms with Crippen molar-refractivity contribution < 1.29 is 14.3 Å². The largest absolute Gasteiger partial charge is 0.449 e. The molecule has 0 aliphatic rings. The normalized spacial score (nSPS) is 9.95. The lowest BCUT2D eigenvalue weighted by molar-refractivity contribution is 0.115. The summed E-state index contributed by atoms with van der Waals surface area (Å²) in [4.78, 5) is 24.5. The SMILES string of the molecule is CCOC(=O)N(CCN)C(=O)NCc1ccc(C)cc1. The molecular formula is C14H21N3O3. The summed E-state index contributed by atoms with van der Waals surface area (Å²) in [6.07, 6.45) is -0.681. The van der Waals surface area contributed by atoms with E-state index in [1.807, 2.05) is 31.2 Å². The highest BCUT2D eigenvalue weighted by Gasteiger charge is 2.21. The average Bonchev–Trinajstić information content (AvgIpc) is 2.44. The van der Waals surface area contributed by atoms with Crippen LogP contribution in [-0.2, 0) is 11.3 Å². The summed E-state index contributed by atoms with van der Waals surface area (Å²) < 4.78 is 4.82. The molecule has 1 rings (SSSR count). The Hall–Kier alpha value is -2.08. The summed E-state index contributed by atoms with van der Waals surface area (Å²) in [5.74, 6) is 0. The van der Waals surface area contributed by atoms with E-state index in [1.165, 1.54) is 0 Å². The van der Waals surface area contributed by atoms with Crippen molar-refractivity contribution in [2.24, 2.45) is 5.73 Å². The van der Waals surface area contributed by atoms with Crippen LogP contribution in [0.5, 0.6) is 0 Å². The van der Waals surface area contributed by atoms with E-state index in [0.29, 0.717) is 6.54 Å².